The molecule has 0 amide bonds. The Hall–Kier alpha value is -17.1. The third kappa shape index (κ3) is 17.4. The first kappa shape index (κ1) is 85.8. The lowest BCUT2D eigenvalue weighted by Crippen LogP contribution is -2.22. The fourth-order valence-electron chi connectivity index (χ4n) is 21.5. The largest absolute Gasteiger partial charge is 0.321 e. The topological polar surface area (TPSA) is 16.2 Å². The first-order valence-electron chi connectivity index (χ1n) is 49.2. The monoisotopic (exact) mass is 1800 g/mol. The van der Waals surface area contributed by atoms with E-state index in [-0.39, 0.29) is 0 Å². The van der Waals surface area contributed by atoms with Gasteiger partial charge in [-0.3, -0.25) is 0 Å². The summed E-state index contributed by atoms with van der Waals surface area (Å²) in [5, 5.41) is 4.98. The number of fused-ring (bicyclic) bond motifs is 9. The van der Waals surface area contributed by atoms with E-state index in [2.05, 4.69) is 532 Å². The molecule has 0 spiro atoms. The summed E-state index contributed by atoms with van der Waals surface area (Å²) in [6.45, 7) is 8.55. The van der Waals surface area contributed by atoms with Gasteiger partial charge in [-0.05, 0) is 361 Å². The summed E-state index contributed by atoms with van der Waals surface area (Å²) in [7, 11) is 0. The van der Waals surface area contributed by atoms with Crippen LogP contribution in [0.15, 0.2) is 454 Å². The standard InChI is InChI=1S/C56H40N2.C52H44N2.C27H21N/c1-3-15-51(16-4-1)57(53-27-23-39-11-7-9-13-43(39)35-53)55-29-25-45-31-47(33-49(45)37-55)41-19-21-42(22-20-41)48-32-46-26-30-56(38-50(46)34-48)58(52-17-5-2-6-18-52)54-28-24-40-12-8-10-14-44(40)36-54;1-35-5-17-47(18-6-35)53(48-19-7-36(2)8-20-48)51-25-13-39(14-26-51)41-29-43-33-45-31-42(32-46(45)34-44(43)30-41)40-15-27-52(28-16-40)54(49-21-9-37(3)10-22-49)50-23-11-38(4)12-24-50;1-2-8-20-14-25(13-19(20)7-1)28(26-15-21-9-3-4-10-22(21)16-26)27-17-23-11-5-6-12-24(23)18-27/h1-32,35-38H,33-34H2;5-29,32-34H,30-31H2,1-4H3;1-13,15,17H,14,16,18H2. The molecule has 5 nitrogen and oxygen atoms in total. The molecule has 19 aromatic carbocycles. The normalized spacial score (nSPS) is 13.5. The lowest BCUT2D eigenvalue weighted by atomic mass is 9.98. The average Bonchev–Trinajstić information content (AvgIpc) is 1.58. The summed E-state index contributed by atoms with van der Waals surface area (Å²) in [6.07, 6.45) is 23.4. The number of para-hydroxylation sites is 2. The molecule has 0 saturated heterocycles. The quantitative estimate of drug-likeness (QED) is 0.0800. The second kappa shape index (κ2) is 37.2. The fraction of sp³-hybridized carbons (Fsp3) is 0.0815. The van der Waals surface area contributed by atoms with Gasteiger partial charge in [0.25, 0.3) is 0 Å². The van der Waals surface area contributed by atoms with Gasteiger partial charge < -0.3 is 24.5 Å². The van der Waals surface area contributed by atoms with Crippen molar-refractivity contribution in [2.75, 3.05) is 19.6 Å². The van der Waals surface area contributed by atoms with Gasteiger partial charge in [0.15, 0.2) is 0 Å². The van der Waals surface area contributed by atoms with Crippen molar-refractivity contribution in [3.8, 4) is 0 Å². The molecule has 0 aromatic heterocycles. The van der Waals surface area contributed by atoms with Crippen molar-refractivity contribution in [2.45, 2.75) is 72.6 Å². The van der Waals surface area contributed by atoms with E-state index in [4.69, 9.17) is 0 Å². The number of hydrogen-bond donors (Lipinski definition) is 0. The van der Waals surface area contributed by atoms with Crippen LogP contribution in [0, 0.1) is 27.7 Å². The molecule has 0 N–H and O–H groups in total. The second-order valence-electron chi connectivity index (χ2n) is 38.4. The predicted octanol–water partition coefficient (Wildman–Crippen LogP) is 35.3. The highest BCUT2D eigenvalue weighted by Crippen LogP contribution is 2.49. The lowest BCUT2D eigenvalue weighted by Gasteiger charge is -2.29. The van der Waals surface area contributed by atoms with Crippen molar-refractivity contribution >= 4 is 155 Å². The smallest absolute Gasteiger partial charge is 0.0468 e. The zero-order valence-electron chi connectivity index (χ0n) is 79.3. The van der Waals surface area contributed by atoms with Gasteiger partial charge in [0.05, 0.1) is 0 Å². The number of hydrogen-bond acceptors (Lipinski definition) is 5. The second-order valence-corrected chi connectivity index (χ2v) is 38.4. The Bertz CT molecular complexity index is 7600. The van der Waals surface area contributed by atoms with Crippen LogP contribution in [-0.4, -0.2) is 4.90 Å². The SMILES string of the molecule is C1=C(N(C2=Cc3ccccc3C2)C2=Cc3ccccc3C2)Cc2ccccc21.C1=C(c2ccc(C3=Cc4ccc(N(c5ccccc5)c5ccc6ccccc6c5)cc4C3)cc2)Cc2cc(N(c3ccccc3)c3ccc4ccccc4c3)ccc21.Cc1ccc(N(c2ccc(C)cc2)c2ccc(C3=Cc4cc5c(cc4C3)C=C(c3ccc(N(c4ccc(C)cc4)c4ccc(C)cc4)cc3)C5)cc2)cc1. The van der Waals surface area contributed by atoms with Crippen molar-refractivity contribution in [1.29, 1.82) is 0 Å². The minimum Gasteiger partial charge on any atom is -0.321 e. The minimum atomic E-state index is 0.912. The van der Waals surface area contributed by atoms with Crippen LogP contribution in [0.4, 0.5) is 68.2 Å². The molecule has 670 valence electrons. The number of aryl methyl sites for hydroxylation is 4. The molecule has 0 fully saturated rings. The van der Waals surface area contributed by atoms with Crippen LogP contribution in [0.5, 0.6) is 0 Å². The molecule has 140 heavy (non-hydrogen) atoms. The molecule has 5 heteroatoms. The number of anilines is 12. The van der Waals surface area contributed by atoms with Crippen LogP contribution in [0.2, 0.25) is 0 Å². The van der Waals surface area contributed by atoms with E-state index in [1.807, 2.05) is 0 Å². The Morgan fingerprint density at radius 1 is 0.143 bits per heavy atom. The van der Waals surface area contributed by atoms with Crippen molar-refractivity contribution in [3.05, 3.63) is 576 Å². The molecule has 0 heterocycles. The summed E-state index contributed by atoms with van der Waals surface area (Å²) in [4.78, 5) is 12.0. The molecule has 0 radical (unpaired) electrons. The zero-order valence-corrected chi connectivity index (χ0v) is 79.3. The molecule has 0 atom stereocenters. The Morgan fingerprint density at radius 2 is 0.371 bits per heavy atom. The molecule has 19 aromatic rings. The van der Waals surface area contributed by atoms with Crippen LogP contribution in [0.25, 0.3) is 86.4 Å². The highest BCUT2D eigenvalue weighted by molar-refractivity contribution is 5.98. The number of nitrogens with zero attached hydrogens (tertiary/aromatic N) is 5. The summed E-state index contributed by atoms with van der Waals surface area (Å²) in [5.74, 6) is 0. The van der Waals surface area contributed by atoms with E-state index in [1.165, 1.54) is 195 Å². The Labute approximate surface area is 822 Å². The van der Waals surface area contributed by atoms with Gasteiger partial charge >= 0.3 is 0 Å². The maximum atomic E-state index is 2.54. The van der Waals surface area contributed by atoms with Gasteiger partial charge in [0.1, 0.15) is 0 Å². The van der Waals surface area contributed by atoms with Crippen LogP contribution < -0.4 is 19.6 Å². The maximum Gasteiger partial charge on any atom is 0.0468 e. The Morgan fingerprint density at radius 3 is 0.693 bits per heavy atom. The zero-order chi connectivity index (χ0) is 93.7. The number of benzene rings is 19. The molecular weight excluding hydrogens is 1690 g/mol. The van der Waals surface area contributed by atoms with E-state index in [0.29, 0.717) is 0 Å². The summed E-state index contributed by atoms with van der Waals surface area (Å²) < 4.78 is 0. The predicted molar refractivity (Wildman–Crippen MR) is 594 cm³/mol. The molecule has 0 saturated carbocycles. The third-order valence-corrected chi connectivity index (χ3v) is 28.9. The van der Waals surface area contributed by atoms with E-state index in [1.54, 1.807) is 0 Å². The molecular formula is C135H105N5. The summed E-state index contributed by atoms with van der Waals surface area (Å²) in [6, 6.07) is 160. The van der Waals surface area contributed by atoms with Crippen molar-refractivity contribution in [1.82, 2.24) is 4.90 Å². The van der Waals surface area contributed by atoms with Crippen molar-refractivity contribution in [2.24, 2.45) is 0 Å². The van der Waals surface area contributed by atoms with Crippen LogP contribution >= 0.6 is 0 Å². The van der Waals surface area contributed by atoms with E-state index >= 15 is 0 Å². The van der Waals surface area contributed by atoms with Gasteiger partial charge in [0, 0.05) is 105 Å². The van der Waals surface area contributed by atoms with E-state index < -0.39 is 0 Å². The minimum absolute atomic E-state index is 0.912. The van der Waals surface area contributed by atoms with Crippen molar-refractivity contribution < 1.29 is 0 Å². The van der Waals surface area contributed by atoms with E-state index in [9.17, 15) is 0 Å². The van der Waals surface area contributed by atoms with Crippen LogP contribution in [-0.2, 0) is 44.9 Å². The molecule has 7 aliphatic carbocycles. The Balaban J connectivity index is 0.000000120. The van der Waals surface area contributed by atoms with Crippen LogP contribution in [0.1, 0.15) is 122 Å². The molecule has 0 aliphatic heterocycles. The highest BCUT2D eigenvalue weighted by atomic mass is 15.2. The van der Waals surface area contributed by atoms with Gasteiger partial charge in [-0.15, -0.1) is 0 Å². The van der Waals surface area contributed by atoms with E-state index in [0.717, 1.165) is 102 Å². The highest BCUT2D eigenvalue weighted by Gasteiger charge is 2.31. The fourth-order valence-corrected chi connectivity index (χ4v) is 21.5. The first-order chi connectivity index (χ1) is 68.9. The number of rotatable bonds is 19. The molecule has 26 rings (SSSR count). The van der Waals surface area contributed by atoms with Gasteiger partial charge in [0.2, 0.25) is 0 Å². The maximum absolute atomic E-state index is 2.54. The van der Waals surface area contributed by atoms with Crippen LogP contribution in [0.3, 0.4) is 0 Å². The van der Waals surface area contributed by atoms with Gasteiger partial charge in [-0.1, -0.05) is 338 Å². The van der Waals surface area contributed by atoms with Gasteiger partial charge in [-0.2, -0.15) is 0 Å². The Kier molecular flexibility index (Phi) is 22.8. The lowest BCUT2D eigenvalue weighted by molar-refractivity contribution is 0.509. The third-order valence-electron chi connectivity index (χ3n) is 28.9. The first-order valence-corrected chi connectivity index (χ1v) is 49.2. The van der Waals surface area contributed by atoms with Crippen molar-refractivity contribution in [3.63, 3.8) is 0 Å². The molecule has 0 bridgehead atoms. The molecule has 0 unspecified atom stereocenters. The summed E-state index contributed by atoms with van der Waals surface area (Å²) >= 11 is 0. The number of allylic oxidation sites excluding steroid dienone is 7. The average molecular weight is 1800 g/mol. The summed E-state index contributed by atoms with van der Waals surface area (Å²) in [5.41, 5.74) is 52.9. The van der Waals surface area contributed by atoms with Gasteiger partial charge in [-0.25, -0.2) is 0 Å². The molecule has 7 aliphatic rings.